The van der Waals surface area contributed by atoms with Crippen LogP contribution in [0.1, 0.15) is 18.7 Å². The Labute approximate surface area is 145 Å². The van der Waals surface area contributed by atoms with E-state index >= 15 is 0 Å². The molecule has 0 saturated carbocycles. The van der Waals surface area contributed by atoms with Crippen LogP contribution in [-0.2, 0) is 13.0 Å². The van der Waals surface area contributed by atoms with Gasteiger partial charge in [-0.1, -0.05) is 19.1 Å². The van der Waals surface area contributed by atoms with Crippen LogP contribution in [0.25, 0.3) is 21.3 Å². The topological polar surface area (TPSA) is 73.8 Å². The zero-order valence-electron chi connectivity index (χ0n) is 13.3. The van der Waals surface area contributed by atoms with E-state index in [-0.39, 0.29) is 17.9 Å². The molecular weight excluding hydrogens is 343 g/mol. The Hall–Kier alpha value is -2.87. The van der Waals surface area contributed by atoms with Gasteiger partial charge in [-0.15, -0.1) is 21.5 Å². The smallest absolute Gasteiger partial charge is 0.263 e. The number of thiophene rings is 1. The predicted octanol–water partition coefficient (Wildman–Crippen LogP) is 3.26. The molecule has 0 atom stereocenters. The fourth-order valence-electron chi connectivity index (χ4n) is 2.56. The van der Waals surface area contributed by atoms with Crippen LogP contribution in [0.3, 0.4) is 0 Å². The van der Waals surface area contributed by atoms with Crippen LogP contribution in [0.15, 0.2) is 45.2 Å². The molecule has 25 heavy (non-hydrogen) atoms. The predicted molar refractivity (Wildman–Crippen MR) is 92.1 cm³/mol. The molecule has 0 radical (unpaired) electrons. The van der Waals surface area contributed by atoms with E-state index in [1.165, 1.54) is 34.4 Å². The molecule has 0 aliphatic carbocycles. The number of hydrogen-bond donors (Lipinski definition) is 0. The summed E-state index contributed by atoms with van der Waals surface area (Å²) in [5.41, 5.74) is 1.32. The summed E-state index contributed by atoms with van der Waals surface area (Å²) in [6.07, 6.45) is 2.11. The maximum Gasteiger partial charge on any atom is 0.263 e. The van der Waals surface area contributed by atoms with Gasteiger partial charge in [-0.3, -0.25) is 9.36 Å². The van der Waals surface area contributed by atoms with Gasteiger partial charge in [-0.2, -0.15) is 0 Å². The molecule has 8 heteroatoms. The fraction of sp³-hybridized carbons (Fsp3) is 0.176. The molecule has 0 amide bonds. The highest BCUT2D eigenvalue weighted by atomic mass is 32.1. The molecule has 0 aliphatic rings. The monoisotopic (exact) mass is 356 g/mol. The number of nitrogens with zero attached hydrogens (tertiary/aromatic N) is 4. The van der Waals surface area contributed by atoms with Gasteiger partial charge in [0.05, 0.1) is 11.7 Å². The summed E-state index contributed by atoms with van der Waals surface area (Å²) < 4.78 is 20.1. The van der Waals surface area contributed by atoms with E-state index in [1.807, 2.05) is 12.3 Å². The van der Waals surface area contributed by atoms with E-state index in [0.29, 0.717) is 28.4 Å². The Bertz CT molecular complexity index is 1100. The highest BCUT2D eigenvalue weighted by molar-refractivity contribution is 7.17. The molecule has 0 unspecified atom stereocenters. The molecule has 0 saturated heterocycles. The van der Waals surface area contributed by atoms with Gasteiger partial charge >= 0.3 is 0 Å². The molecule has 4 aromatic rings. The molecule has 3 aromatic heterocycles. The number of rotatable bonds is 4. The SMILES string of the molecule is CCc1nnc(Cn2cnc3scc(-c4ccc(F)cc4)c3c2=O)o1. The molecule has 0 fully saturated rings. The van der Waals surface area contributed by atoms with Gasteiger partial charge in [0, 0.05) is 17.4 Å². The summed E-state index contributed by atoms with van der Waals surface area (Å²) in [6, 6.07) is 6.05. The number of fused-ring (bicyclic) bond motifs is 1. The Morgan fingerprint density at radius 3 is 2.68 bits per heavy atom. The average molecular weight is 356 g/mol. The standard InChI is InChI=1S/C17H13FN4O2S/c1-2-13-20-21-14(24-13)7-22-9-19-16-15(17(22)23)12(8-25-16)10-3-5-11(18)6-4-10/h3-6,8-9H,2,7H2,1H3. The maximum absolute atomic E-state index is 13.2. The van der Waals surface area contributed by atoms with E-state index in [4.69, 9.17) is 4.42 Å². The first-order valence-electron chi connectivity index (χ1n) is 7.69. The lowest BCUT2D eigenvalue weighted by Crippen LogP contribution is -2.21. The number of benzene rings is 1. The van der Waals surface area contributed by atoms with Crippen molar-refractivity contribution in [3.63, 3.8) is 0 Å². The van der Waals surface area contributed by atoms with Crippen molar-refractivity contribution in [2.45, 2.75) is 19.9 Å². The minimum absolute atomic E-state index is 0.160. The summed E-state index contributed by atoms with van der Waals surface area (Å²) in [5.74, 6) is 0.570. The van der Waals surface area contributed by atoms with Gasteiger partial charge in [0.25, 0.3) is 5.56 Å². The third kappa shape index (κ3) is 2.85. The molecule has 3 heterocycles. The molecule has 126 valence electrons. The van der Waals surface area contributed by atoms with Gasteiger partial charge in [-0.25, -0.2) is 9.37 Å². The van der Waals surface area contributed by atoms with Crippen molar-refractivity contribution in [2.24, 2.45) is 0 Å². The summed E-state index contributed by atoms with van der Waals surface area (Å²) in [5, 5.41) is 10.2. The number of halogens is 1. The van der Waals surface area contributed by atoms with Crippen LogP contribution in [0, 0.1) is 5.82 Å². The van der Waals surface area contributed by atoms with E-state index in [9.17, 15) is 9.18 Å². The van der Waals surface area contributed by atoms with Crippen LogP contribution in [0.5, 0.6) is 0 Å². The Morgan fingerprint density at radius 1 is 1.20 bits per heavy atom. The lowest BCUT2D eigenvalue weighted by molar-refractivity contribution is 0.439. The molecule has 6 nitrogen and oxygen atoms in total. The third-order valence-electron chi connectivity index (χ3n) is 3.83. The van der Waals surface area contributed by atoms with Crippen molar-refractivity contribution in [1.82, 2.24) is 19.7 Å². The largest absolute Gasteiger partial charge is 0.423 e. The molecule has 0 N–H and O–H groups in total. The quantitative estimate of drug-likeness (QED) is 0.561. The second-order valence-electron chi connectivity index (χ2n) is 5.46. The van der Waals surface area contributed by atoms with E-state index in [0.717, 1.165) is 11.1 Å². The van der Waals surface area contributed by atoms with Gasteiger partial charge in [0.15, 0.2) is 0 Å². The normalized spacial score (nSPS) is 11.3. The van der Waals surface area contributed by atoms with Gasteiger partial charge < -0.3 is 4.42 Å². The van der Waals surface area contributed by atoms with Crippen LogP contribution >= 0.6 is 11.3 Å². The zero-order chi connectivity index (χ0) is 17.4. The number of aryl methyl sites for hydroxylation is 1. The van der Waals surface area contributed by atoms with Crippen molar-refractivity contribution in [2.75, 3.05) is 0 Å². The molecule has 0 spiro atoms. The first kappa shape index (κ1) is 15.6. The minimum atomic E-state index is -0.318. The first-order chi connectivity index (χ1) is 12.2. The Kier molecular flexibility index (Phi) is 3.89. The summed E-state index contributed by atoms with van der Waals surface area (Å²) in [6.45, 7) is 2.07. The first-order valence-corrected chi connectivity index (χ1v) is 8.57. The van der Waals surface area contributed by atoms with Gasteiger partial charge in [0.1, 0.15) is 17.2 Å². The summed E-state index contributed by atoms with van der Waals surface area (Å²) in [4.78, 5) is 17.9. The molecule has 4 rings (SSSR count). The van der Waals surface area contributed by atoms with Crippen molar-refractivity contribution in [3.8, 4) is 11.1 Å². The molecule has 0 aliphatic heterocycles. The van der Waals surface area contributed by atoms with Crippen LogP contribution in [0.4, 0.5) is 4.39 Å². The maximum atomic E-state index is 13.2. The Morgan fingerprint density at radius 2 is 1.96 bits per heavy atom. The third-order valence-corrected chi connectivity index (χ3v) is 4.72. The van der Waals surface area contributed by atoms with Crippen molar-refractivity contribution < 1.29 is 8.81 Å². The highest BCUT2D eigenvalue weighted by Gasteiger charge is 2.15. The van der Waals surface area contributed by atoms with E-state index in [1.54, 1.807) is 12.1 Å². The highest BCUT2D eigenvalue weighted by Crippen LogP contribution is 2.30. The van der Waals surface area contributed by atoms with E-state index < -0.39 is 0 Å². The van der Waals surface area contributed by atoms with Gasteiger partial charge in [-0.05, 0) is 17.7 Å². The molecule has 0 bridgehead atoms. The van der Waals surface area contributed by atoms with Crippen molar-refractivity contribution in [1.29, 1.82) is 0 Å². The Balaban J connectivity index is 1.80. The van der Waals surface area contributed by atoms with Crippen molar-refractivity contribution >= 4 is 21.6 Å². The van der Waals surface area contributed by atoms with Crippen molar-refractivity contribution in [3.05, 3.63) is 63.9 Å². The van der Waals surface area contributed by atoms with Gasteiger partial charge in [0.2, 0.25) is 11.8 Å². The summed E-state index contributed by atoms with van der Waals surface area (Å²) in [7, 11) is 0. The second kappa shape index (κ2) is 6.21. The number of aromatic nitrogens is 4. The lowest BCUT2D eigenvalue weighted by Gasteiger charge is -2.04. The minimum Gasteiger partial charge on any atom is -0.423 e. The van der Waals surface area contributed by atoms with Crippen LogP contribution in [-0.4, -0.2) is 19.7 Å². The summed E-state index contributed by atoms with van der Waals surface area (Å²) >= 11 is 1.38. The number of hydrogen-bond acceptors (Lipinski definition) is 6. The fourth-order valence-corrected chi connectivity index (χ4v) is 3.47. The second-order valence-corrected chi connectivity index (χ2v) is 6.32. The zero-order valence-corrected chi connectivity index (χ0v) is 14.1. The lowest BCUT2D eigenvalue weighted by atomic mass is 10.1. The molecular formula is C17H13FN4O2S. The van der Waals surface area contributed by atoms with Crippen LogP contribution < -0.4 is 5.56 Å². The average Bonchev–Trinajstić information content (AvgIpc) is 3.25. The molecule has 1 aromatic carbocycles. The van der Waals surface area contributed by atoms with E-state index in [2.05, 4.69) is 15.2 Å². The van der Waals surface area contributed by atoms with Crippen LogP contribution in [0.2, 0.25) is 0 Å².